The monoisotopic (exact) mass is 253 g/mol. The number of fused-ring (bicyclic) bond motifs is 1. The highest BCUT2D eigenvalue weighted by Crippen LogP contribution is 2.28. The van der Waals surface area contributed by atoms with Crippen molar-refractivity contribution in [2.24, 2.45) is 0 Å². The molecule has 2 nitrogen and oxygen atoms in total. The summed E-state index contributed by atoms with van der Waals surface area (Å²) in [5.74, 6) is 0. The van der Waals surface area contributed by atoms with E-state index < -0.39 is 0 Å². The van der Waals surface area contributed by atoms with Crippen LogP contribution in [0.15, 0.2) is 22.7 Å². The second-order valence-electron chi connectivity index (χ2n) is 3.58. The molecule has 0 amide bonds. The minimum Gasteiger partial charge on any atom is -0.382 e. The lowest BCUT2D eigenvalue weighted by Crippen LogP contribution is -2.25. The van der Waals surface area contributed by atoms with Gasteiger partial charge in [-0.25, -0.2) is 0 Å². The molecule has 1 heterocycles. The molecule has 1 aromatic carbocycles. The van der Waals surface area contributed by atoms with Crippen molar-refractivity contribution in [2.45, 2.75) is 25.3 Å². The molecule has 1 atom stereocenters. The molecular weight excluding hydrogens is 242 g/mol. The van der Waals surface area contributed by atoms with Crippen LogP contribution >= 0.6 is 15.9 Å². The van der Waals surface area contributed by atoms with Gasteiger partial charge in [-0.1, -0.05) is 22.0 Å². The van der Waals surface area contributed by atoms with E-state index in [1.807, 2.05) is 0 Å². The Hall–Kier alpha value is -0.830. The van der Waals surface area contributed by atoms with Gasteiger partial charge in [0.25, 0.3) is 0 Å². The molecule has 0 bridgehead atoms. The Balaban J connectivity index is 2.20. The van der Waals surface area contributed by atoms with Crippen molar-refractivity contribution in [3.8, 4) is 0 Å². The lowest BCUT2D eigenvalue weighted by Gasteiger charge is -2.25. The Morgan fingerprint density at radius 1 is 1.57 bits per heavy atom. The van der Waals surface area contributed by atoms with Crippen molar-refractivity contribution in [3.63, 3.8) is 0 Å². The topological polar surface area (TPSA) is 29.1 Å². The fraction of sp³-hybridized carbons (Fsp3) is 0.364. The van der Waals surface area contributed by atoms with Gasteiger partial charge < -0.3 is 10.1 Å². The average molecular weight is 254 g/mol. The third-order valence-corrected chi connectivity index (χ3v) is 3.07. The summed E-state index contributed by atoms with van der Waals surface area (Å²) >= 11 is 3.44. The molecule has 0 fully saturated rings. The zero-order valence-electron chi connectivity index (χ0n) is 7.79. The van der Waals surface area contributed by atoms with Gasteiger partial charge in [0.1, 0.15) is 6.29 Å². The van der Waals surface area contributed by atoms with Gasteiger partial charge in [0.05, 0.1) is 0 Å². The first-order valence-electron chi connectivity index (χ1n) is 4.78. The number of aldehydes is 1. The summed E-state index contributed by atoms with van der Waals surface area (Å²) in [7, 11) is 0. The maximum Gasteiger partial charge on any atom is 0.122 e. The van der Waals surface area contributed by atoms with E-state index in [1.165, 1.54) is 5.56 Å². The Labute approximate surface area is 91.8 Å². The van der Waals surface area contributed by atoms with Gasteiger partial charge in [0, 0.05) is 22.6 Å². The van der Waals surface area contributed by atoms with Crippen LogP contribution in [0.4, 0.5) is 5.69 Å². The van der Waals surface area contributed by atoms with Crippen molar-refractivity contribution in [1.29, 1.82) is 0 Å². The van der Waals surface area contributed by atoms with Crippen LogP contribution in [-0.4, -0.2) is 12.3 Å². The van der Waals surface area contributed by atoms with E-state index in [4.69, 9.17) is 0 Å². The Morgan fingerprint density at radius 2 is 2.43 bits per heavy atom. The summed E-state index contributed by atoms with van der Waals surface area (Å²) in [4.78, 5) is 10.4. The van der Waals surface area contributed by atoms with Gasteiger partial charge in [-0.05, 0) is 30.5 Å². The highest BCUT2D eigenvalue weighted by Gasteiger charge is 2.16. The first kappa shape index (κ1) is 9.71. The van der Waals surface area contributed by atoms with Gasteiger partial charge >= 0.3 is 0 Å². The molecule has 1 N–H and O–H groups in total. The summed E-state index contributed by atoms with van der Waals surface area (Å²) in [6.45, 7) is 0. The third kappa shape index (κ3) is 1.98. The predicted octanol–water partition coefficient (Wildman–Crippen LogP) is 2.76. The largest absolute Gasteiger partial charge is 0.382 e. The van der Waals surface area contributed by atoms with Crippen LogP contribution in [0.2, 0.25) is 0 Å². The van der Waals surface area contributed by atoms with Gasteiger partial charge in [0.15, 0.2) is 0 Å². The van der Waals surface area contributed by atoms with Crippen LogP contribution in [-0.2, 0) is 11.2 Å². The molecule has 0 aromatic heterocycles. The molecule has 0 saturated heterocycles. The first-order valence-corrected chi connectivity index (χ1v) is 5.57. The summed E-state index contributed by atoms with van der Waals surface area (Å²) in [6, 6.07) is 6.57. The molecule has 1 aromatic rings. The Bertz CT molecular complexity index is 351. The zero-order valence-corrected chi connectivity index (χ0v) is 9.38. The number of nitrogens with one attached hydrogen (secondary N) is 1. The molecule has 1 aliphatic rings. The van der Waals surface area contributed by atoms with Gasteiger partial charge in [-0.2, -0.15) is 0 Å². The van der Waals surface area contributed by atoms with Crippen molar-refractivity contribution < 1.29 is 4.79 Å². The predicted molar refractivity (Wildman–Crippen MR) is 60.6 cm³/mol. The molecule has 74 valence electrons. The molecule has 0 spiro atoms. The zero-order chi connectivity index (χ0) is 9.97. The van der Waals surface area contributed by atoms with Crippen LogP contribution in [0.1, 0.15) is 18.4 Å². The number of benzene rings is 1. The van der Waals surface area contributed by atoms with Crippen LogP contribution in [0.5, 0.6) is 0 Å². The Morgan fingerprint density at radius 3 is 3.21 bits per heavy atom. The highest BCUT2D eigenvalue weighted by molar-refractivity contribution is 9.10. The van der Waals surface area contributed by atoms with Gasteiger partial charge in [-0.3, -0.25) is 0 Å². The maximum absolute atomic E-state index is 10.4. The van der Waals surface area contributed by atoms with E-state index in [1.54, 1.807) is 0 Å². The lowest BCUT2D eigenvalue weighted by atomic mass is 9.97. The summed E-state index contributed by atoms with van der Waals surface area (Å²) in [5.41, 5.74) is 2.51. The minimum atomic E-state index is 0.314. The smallest absolute Gasteiger partial charge is 0.122 e. The van der Waals surface area contributed by atoms with E-state index in [2.05, 4.69) is 39.4 Å². The summed E-state index contributed by atoms with van der Waals surface area (Å²) in [5, 5.41) is 3.38. The molecule has 2 rings (SSSR count). The van der Waals surface area contributed by atoms with Crippen LogP contribution in [0.3, 0.4) is 0 Å². The third-order valence-electron chi connectivity index (χ3n) is 2.57. The molecule has 3 heteroatoms. The quantitative estimate of drug-likeness (QED) is 0.822. The summed E-state index contributed by atoms with van der Waals surface area (Å²) < 4.78 is 1.08. The van der Waals surface area contributed by atoms with Crippen LogP contribution < -0.4 is 5.32 Å². The number of carbonyl (C=O) groups is 1. The van der Waals surface area contributed by atoms with Crippen molar-refractivity contribution in [2.75, 3.05) is 5.32 Å². The number of carbonyl (C=O) groups excluding carboxylic acids is 1. The molecule has 0 aliphatic carbocycles. The number of halogens is 1. The van der Waals surface area contributed by atoms with Gasteiger partial charge in [0.2, 0.25) is 0 Å². The maximum atomic E-state index is 10.4. The highest BCUT2D eigenvalue weighted by atomic mass is 79.9. The number of anilines is 1. The molecule has 14 heavy (non-hydrogen) atoms. The molecule has 1 unspecified atom stereocenters. The van der Waals surface area contributed by atoms with E-state index in [0.29, 0.717) is 12.5 Å². The standard InChI is InChI=1S/C11H12BrNO/c12-9-3-1-8-2-4-10(5-6-14)13-11(8)7-9/h1,3,6-7,10,13H,2,4-5H2. The van der Waals surface area contributed by atoms with E-state index in [0.717, 1.165) is 29.3 Å². The number of hydrogen-bond donors (Lipinski definition) is 1. The second kappa shape index (κ2) is 4.13. The first-order chi connectivity index (χ1) is 6.79. The fourth-order valence-electron chi connectivity index (χ4n) is 1.82. The molecule has 1 aliphatic heterocycles. The molecular formula is C11H12BrNO. The fourth-order valence-corrected chi connectivity index (χ4v) is 2.18. The van der Waals surface area contributed by atoms with Crippen LogP contribution in [0, 0.1) is 0 Å². The lowest BCUT2D eigenvalue weighted by molar-refractivity contribution is -0.108. The average Bonchev–Trinajstić information content (AvgIpc) is 2.17. The van der Waals surface area contributed by atoms with Gasteiger partial charge in [-0.15, -0.1) is 0 Å². The van der Waals surface area contributed by atoms with Crippen molar-refractivity contribution >= 4 is 27.9 Å². The number of hydrogen-bond acceptors (Lipinski definition) is 2. The minimum absolute atomic E-state index is 0.314. The van der Waals surface area contributed by atoms with Crippen LogP contribution in [0.25, 0.3) is 0 Å². The van der Waals surface area contributed by atoms with E-state index >= 15 is 0 Å². The van der Waals surface area contributed by atoms with E-state index in [9.17, 15) is 4.79 Å². The molecule has 0 saturated carbocycles. The van der Waals surface area contributed by atoms with Crippen molar-refractivity contribution in [3.05, 3.63) is 28.2 Å². The number of rotatable bonds is 2. The molecule has 0 radical (unpaired) electrons. The SMILES string of the molecule is O=CCC1CCc2ccc(Br)cc2N1. The summed E-state index contributed by atoms with van der Waals surface area (Å²) in [6.07, 6.45) is 3.70. The normalized spacial score (nSPS) is 19.6. The van der Waals surface area contributed by atoms with E-state index in [-0.39, 0.29) is 0 Å². The number of aryl methyl sites for hydroxylation is 1. The Kier molecular flexibility index (Phi) is 2.87. The van der Waals surface area contributed by atoms with Crippen molar-refractivity contribution in [1.82, 2.24) is 0 Å². The second-order valence-corrected chi connectivity index (χ2v) is 4.50.